The van der Waals surface area contributed by atoms with Gasteiger partial charge in [-0.25, -0.2) is 0 Å². The summed E-state index contributed by atoms with van der Waals surface area (Å²) in [6.45, 7) is 0. The minimum Gasteiger partial charge on any atom is -0.873 e. The molecule has 2 nitrogen and oxygen atoms in total. The number of hydrogen-bond donors (Lipinski definition) is 0. The Hall–Kier alpha value is 0.0797. The van der Waals surface area contributed by atoms with E-state index in [1.54, 1.807) is 12.1 Å². The molecule has 3 heteroatoms. The van der Waals surface area contributed by atoms with Gasteiger partial charge in [0.15, 0.2) is 0 Å². The van der Waals surface area contributed by atoms with Crippen LogP contribution in [0.2, 0.25) is 0 Å². The zero-order chi connectivity index (χ0) is 5.98. The van der Waals surface area contributed by atoms with Gasteiger partial charge in [-0.05, 0) is 0 Å². The minimum absolute atomic E-state index is 0. The summed E-state index contributed by atoms with van der Waals surface area (Å²) in [6, 6.07) is 5.60. The van der Waals surface area contributed by atoms with Gasteiger partial charge in [0.1, 0.15) is 0 Å². The van der Waals surface area contributed by atoms with Gasteiger partial charge in [0.25, 0.3) is 0 Å². The molecule has 1 aromatic rings. The maximum atomic E-state index is 10.3. The van der Waals surface area contributed by atoms with E-state index in [2.05, 4.69) is 0 Å². The van der Waals surface area contributed by atoms with E-state index in [1.807, 2.05) is 0 Å². The van der Waals surface area contributed by atoms with E-state index in [-0.39, 0.29) is 37.7 Å². The van der Waals surface area contributed by atoms with Crippen LogP contribution in [0.3, 0.4) is 0 Å². The average Bonchev–Trinajstić information content (AvgIpc) is 1.77. The maximum absolute atomic E-state index is 10.3. The predicted octanol–water partition coefficient (Wildman–Crippen LogP) is -0.547. The van der Waals surface area contributed by atoms with E-state index < -0.39 is 11.5 Å². The monoisotopic (exact) mass is 148 g/mol. The molecule has 1 aromatic carbocycles. The summed E-state index contributed by atoms with van der Waals surface area (Å²) in [5, 5.41) is 20.6. The maximum Gasteiger partial charge on any atom is 2.00 e. The molecule has 0 aromatic heterocycles. The van der Waals surface area contributed by atoms with Crippen LogP contribution >= 0.6 is 0 Å². The van der Waals surface area contributed by atoms with Crippen LogP contribution in [-0.4, -0.2) is 37.7 Å². The van der Waals surface area contributed by atoms with Crippen LogP contribution in [-0.2, 0) is 0 Å². The molecule has 9 heavy (non-hydrogen) atoms. The summed E-state index contributed by atoms with van der Waals surface area (Å²) in [4.78, 5) is 0. The third kappa shape index (κ3) is 2.43. The molecular formula is C6H4CaO2. The van der Waals surface area contributed by atoms with Crippen molar-refractivity contribution in [3.8, 4) is 11.5 Å². The first-order valence-electron chi connectivity index (χ1n) is 2.24. The Labute approximate surface area is 83.1 Å². The zero-order valence-corrected chi connectivity index (χ0v) is 7.04. The smallest absolute Gasteiger partial charge is 0.873 e. The van der Waals surface area contributed by atoms with E-state index in [9.17, 15) is 10.2 Å². The average molecular weight is 148 g/mol. The molecule has 0 amide bonds. The zero-order valence-electron chi connectivity index (χ0n) is 4.83. The number of rotatable bonds is 0. The van der Waals surface area contributed by atoms with E-state index in [1.165, 1.54) is 12.1 Å². The molecule has 1 rings (SSSR count). The van der Waals surface area contributed by atoms with Gasteiger partial charge < -0.3 is 10.2 Å². The van der Waals surface area contributed by atoms with Crippen LogP contribution in [0.1, 0.15) is 0 Å². The number of para-hydroxylation sites is 2. The van der Waals surface area contributed by atoms with E-state index in [4.69, 9.17) is 0 Å². The van der Waals surface area contributed by atoms with Gasteiger partial charge in [-0.1, -0.05) is 24.3 Å². The standard InChI is InChI=1S/C6H6O2.Ca/c7-5-3-1-2-4-6(5)8;/h1-4,7-8H;/q;+2/p-2. The number of hydrogen-bond acceptors (Lipinski definition) is 2. The van der Waals surface area contributed by atoms with E-state index in [0.29, 0.717) is 0 Å². The summed E-state index contributed by atoms with van der Waals surface area (Å²) >= 11 is 0. The quantitative estimate of drug-likeness (QED) is 0.463. The molecule has 0 heterocycles. The van der Waals surface area contributed by atoms with Crippen LogP contribution in [0.15, 0.2) is 24.3 Å². The summed E-state index contributed by atoms with van der Waals surface area (Å²) in [5.41, 5.74) is 0. The Morgan fingerprint density at radius 1 is 0.889 bits per heavy atom. The van der Waals surface area contributed by atoms with Gasteiger partial charge in [0.05, 0.1) is 0 Å². The normalized spacial score (nSPS) is 8.00. The third-order valence-electron chi connectivity index (χ3n) is 0.849. The predicted molar refractivity (Wildman–Crippen MR) is 31.1 cm³/mol. The van der Waals surface area contributed by atoms with Crippen LogP contribution in [0.5, 0.6) is 11.5 Å². The molecule has 0 fully saturated rings. The van der Waals surface area contributed by atoms with Gasteiger partial charge in [-0.2, -0.15) is 0 Å². The van der Waals surface area contributed by atoms with Crippen LogP contribution in [0, 0.1) is 0 Å². The Morgan fingerprint density at radius 2 is 1.22 bits per heavy atom. The fourth-order valence-electron chi connectivity index (χ4n) is 0.450. The molecule has 0 aliphatic rings. The first-order chi connectivity index (χ1) is 3.80. The molecule has 0 unspecified atom stereocenters. The summed E-state index contributed by atoms with van der Waals surface area (Å²) in [6.07, 6.45) is 0. The van der Waals surface area contributed by atoms with Crippen molar-refractivity contribution in [2.45, 2.75) is 0 Å². The molecule has 0 aliphatic carbocycles. The van der Waals surface area contributed by atoms with Gasteiger partial charge in [-0.15, -0.1) is 11.5 Å². The van der Waals surface area contributed by atoms with Gasteiger partial charge in [0.2, 0.25) is 0 Å². The molecule has 0 saturated heterocycles. The van der Waals surface area contributed by atoms with Crippen molar-refractivity contribution in [2.24, 2.45) is 0 Å². The Kier molecular flexibility index (Phi) is 4.02. The van der Waals surface area contributed by atoms with Crippen molar-refractivity contribution in [1.29, 1.82) is 0 Å². The molecule has 0 N–H and O–H groups in total. The van der Waals surface area contributed by atoms with Crippen LogP contribution < -0.4 is 10.2 Å². The van der Waals surface area contributed by atoms with Crippen molar-refractivity contribution in [3.05, 3.63) is 24.3 Å². The summed E-state index contributed by atoms with van der Waals surface area (Å²) in [5.74, 6) is -0.875. The molecule has 0 radical (unpaired) electrons. The molecule has 0 saturated carbocycles. The Bertz CT molecular complexity index is 167. The second-order valence-electron chi connectivity index (χ2n) is 1.45. The fourth-order valence-corrected chi connectivity index (χ4v) is 0.450. The second-order valence-corrected chi connectivity index (χ2v) is 1.45. The Morgan fingerprint density at radius 3 is 1.44 bits per heavy atom. The second kappa shape index (κ2) is 3.99. The largest absolute Gasteiger partial charge is 2.00 e. The summed E-state index contributed by atoms with van der Waals surface area (Å²) in [7, 11) is 0. The van der Waals surface area contributed by atoms with Crippen LogP contribution in [0.4, 0.5) is 0 Å². The Balaban J connectivity index is 0.000000640. The van der Waals surface area contributed by atoms with Crippen molar-refractivity contribution < 1.29 is 10.2 Å². The fraction of sp³-hybridized carbons (Fsp3) is 0. The minimum atomic E-state index is -0.437. The molecule has 0 bridgehead atoms. The summed E-state index contributed by atoms with van der Waals surface area (Å²) < 4.78 is 0. The van der Waals surface area contributed by atoms with Crippen LogP contribution in [0.25, 0.3) is 0 Å². The van der Waals surface area contributed by atoms with Gasteiger partial charge >= 0.3 is 37.7 Å². The van der Waals surface area contributed by atoms with E-state index >= 15 is 0 Å². The third-order valence-corrected chi connectivity index (χ3v) is 0.849. The first-order valence-corrected chi connectivity index (χ1v) is 2.24. The van der Waals surface area contributed by atoms with Crippen molar-refractivity contribution in [3.63, 3.8) is 0 Å². The first kappa shape index (κ1) is 9.08. The van der Waals surface area contributed by atoms with Crippen molar-refractivity contribution >= 4 is 37.7 Å². The number of benzene rings is 1. The molecule has 42 valence electrons. The topological polar surface area (TPSA) is 46.1 Å². The molecule has 0 atom stereocenters. The molecule has 0 spiro atoms. The van der Waals surface area contributed by atoms with Crippen molar-refractivity contribution in [2.75, 3.05) is 0 Å². The SMILES string of the molecule is [Ca+2].[O-]c1ccccc1[O-]. The van der Waals surface area contributed by atoms with Gasteiger partial charge in [-0.3, -0.25) is 0 Å². The van der Waals surface area contributed by atoms with E-state index in [0.717, 1.165) is 0 Å². The van der Waals surface area contributed by atoms with Gasteiger partial charge in [0, 0.05) is 0 Å². The molecular weight excluding hydrogens is 144 g/mol. The molecule has 0 aliphatic heterocycles. The van der Waals surface area contributed by atoms with Crippen molar-refractivity contribution in [1.82, 2.24) is 0 Å².